The van der Waals surface area contributed by atoms with Gasteiger partial charge in [0.05, 0.1) is 0 Å². The Morgan fingerprint density at radius 1 is 1.46 bits per heavy atom. The normalized spacial score (nSPS) is 8.85. The van der Waals surface area contributed by atoms with Gasteiger partial charge in [0.2, 0.25) is 0 Å². The fourth-order valence-electron chi connectivity index (χ4n) is 0.532. The van der Waals surface area contributed by atoms with Crippen LogP contribution in [0.1, 0.15) is 20.3 Å². The molecule has 13 heavy (non-hydrogen) atoms. The molecule has 4 nitrogen and oxygen atoms in total. The van der Waals surface area contributed by atoms with Gasteiger partial charge < -0.3 is 10.1 Å². The first-order valence-electron chi connectivity index (χ1n) is 3.75. The molecule has 0 amide bonds. The molecule has 0 unspecified atom stereocenters. The van der Waals surface area contributed by atoms with Crippen molar-refractivity contribution < 1.29 is 14.3 Å². The highest BCUT2D eigenvalue weighted by atomic mass is 35.5. The average molecular weight is 208 g/mol. The van der Waals surface area contributed by atoms with Crippen molar-refractivity contribution in [2.45, 2.75) is 20.3 Å². The lowest BCUT2D eigenvalue weighted by Gasteiger charge is -2.02. The summed E-state index contributed by atoms with van der Waals surface area (Å²) in [4.78, 5) is 21.7. The van der Waals surface area contributed by atoms with E-state index in [1.165, 1.54) is 0 Å². The SMILES string of the molecule is CC(C)C(=O)CC(=O)OCC=N.Cl. The van der Waals surface area contributed by atoms with Crippen LogP contribution in [0, 0.1) is 11.3 Å². The van der Waals surface area contributed by atoms with Crippen LogP contribution in [0.3, 0.4) is 0 Å². The number of Topliss-reactive ketones (excluding diaryl/α,β-unsaturated/α-hetero) is 1. The summed E-state index contributed by atoms with van der Waals surface area (Å²) < 4.78 is 4.51. The van der Waals surface area contributed by atoms with Crippen LogP contribution < -0.4 is 0 Å². The molecule has 0 saturated heterocycles. The van der Waals surface area contributed by atoms with Gasteiger partial charge in [0.1, 0.15) is 18.8 Å². The Hall–Kier alpha value is -0.900. The fourth-order valence-corrected chi connectivity index (χ4v) is 0.532. The third-order valence-electron chi connectivity index (χ3n) is 1.29. The molecule has 0 aliphatic heterocycles. The van der Waals surface area contributed by atoms with Gasteiger partial charge in [-0.15, -0.1) is 12.4 Å². The number of ketones is 1. The molecule has 76 valence electrons. The van der Waals surface area contributed by atoms with Crippen molar-refractivity contribution in [3.63, 3.8) is 0 Å². The van der Waals surface area contributed by atoms with Crippen LogP contribution in [0.25, 0.3) is 0 Å². The van der Waals surface area contributed by atoms with E-state index < -0.39 is 5.97 Å². The van der Waals surface area contributed by atoms with Gasteiger partial charge in [-0.3, -0.25) is 9.59 Å². The zero-order chi connectivity index (χ0) is 9.56. The van der Waals surface area contributed by atoms with E-state index in [0.717, 1.165) is 6.21 Å². The van der Waals surface area contributed by atoms with Crippen molar-refractivity contribution >= 4 is 30.4 Å². The molecule has 5 heteroatoms. The molecule has 0 aromatic heterocycles. The van der Waals surface area contributed by atoms with Crippen LogP contribution in [-0.4, -0.2) is 24.6 Å². The second-order valence-corrected chi connectivity index (χ2v) is 2.68. The quantitative estimate of drug-likeness (QED) is 0.419. The van der Waals surface area contributed by atoms with Crippen molar-refractivity contribution in [1.82, 2.24) is 0 Å². The van der Waals surface area contributed by atoms with E-state index in [4.69, 9.17) is 5.41 Å². The van der Waals surface area contributed by atoms with Crippen molar-refractivity contribution in [1.29, 1.82) is 5.41 Å². The maximum absolute atomic E-state index is 11.0. The summed E-state index contributed by atoms with van der Waals surface area (Å²) >= 11 is 0. The van der Waals surface area contributed by atoms with E-state index in [0.29, 0.717) is 0 Å². The summed E-state index contributed by atoms with van der Waals surface area (Å²) in [6, 6.07) is 0. The summed E-state index contributed by atoms with van der Waals surface area (Å²) in [5, 5.41) is 6.58. The minimum absolute atomic E-state index is 0. The lowest BCUT2D eigenvalue weighted by molar-refractivity contribution is -0.145. The molecule has 0 heterocycles. The highest BCUT2D eigenvalue weighted by Gasteiger charge is 2.13. The molecular weight excluding hydrogens is 194 g/mol. The van der Waals surface area contributed by atoms with Gasteiger partial charge in [-0.05, 0) is 0 Å². The summed E-state index contributed by atoms with van der Waals surface area (Å²) in [5.74, 6) is -0.834. The van der Waals surface area contributed by atoms with Crippen LogP contribution in [0.15, 0.2) is 0 Å². The van der Waals surface area contributed by atoms with E-state index in [-0.39, 0.29) is 37.1 Å². The molecule has 0 aromatic carbocycles. The van der Waals surface area contributed by atoms with E-state index >= 15 is 0 Å². The van der Waals surface area contributed by atoms with Crippen LogP contribution in [0.2, 0.25) is 0 Å². The first kappa shape index (κ1) is 14.6. The summed E-state index contributed by atoms with van der Waals surface area (Å²) in [6.45, 7) is 3.41. The molecule has 0 bridgehead atoms. The molecular formula is C8H14ClNO3. The molecule has 0 fully saturated rings. The molecule has 0 spiro atoms. The van der Waals surface area contributed by atoms with E-state index in [2.05, 4.69) is 4.74 Å². The van der Waals surface area contributed by atoms with Gasteiger partial charge in [-0.1, -0.05) is 13.8 Å². The molecule has 0 radical (unpaired) electrons. The number of nitrogens with one attached hydrogen (secondary N) is 1. The van der Waals surface area contributed by atoms with Crippen LogP contribution in [-0.2, 0) is 14.3 Å². The van der Waals surface area contributed by atoms with Gasteiger partial charge in [0.15, 0.2) is 0 Å². The highest BCUT2D eigenvalue weighted by molar-refractivity contribution is 5.96. The van der Waals surface area contributed by atoms with Gasteiger partial charge in [-0.2, -0.15) is 0 Å². The Morgan fingerprint density at radius 3 is 2.38 bits per heavy atom. The Labute approximate surface area is 83.6 Å². The van der Waals surface area contributed by atoms with Gasteiger partial charge >= 0.3 is 5.97 Å². The molecule has 1 N–H and O–H groups in total. The van der Waals surface area contributed by atoms with Crippen LogP contribution >= 0.6 is 12.4 Å². The summed E-state index contributed by atoms with van der Waals surface area (Å²) in [7, 11) is 0. The van der Waals surface area contributed by atoms with Gasteiger partial charge in [0, 0.05) is 12.1 Å². The maximum atomic E-state index is 11.0. The average Bonchev–Trinajstić information content (AvgIpc) is 2.00. The third kappa shape index (κ3) is 7.46. The Balaban J connectivity index is 0. The maximum Gasteiger partial charge on any atom is 0.313 e. The fraction of sp³-hybridized carbons (Fsp3) is 0.625. The van der Waals surface area contributed by atoms with Crippen molar-refractivity contribution in [3.05, 3.63) is 0 Å². The van der Waals surface area contributed by atoms with E-state index in [1.54, 1.807) is 13.8 Å². The van der Waals surface area contributed by atoms with Gasteiger partial charge in [-0.25, -0.2) is 0 Å². The molecule has 0 rings (SSSR count). The number of rotatable bonds is 5. The standard InChI is InChI=1S/C8H13NO3.ClH/c1-6(2)7(10)5-8(11)12-4-3-9;/h3,6,9H,4-5H2,1-2H3;1H. The zero-order valence-electron chi connectivity index (χ0n) is 7.70. The Morgan fingerprint density at radius 2 is 2.00 bits per heavy atom. The number of hydrogen-bond acceptors (Lipinski definition) is 4. The van der Waals surface area contributed by atoms with Crippen molar-refractivity contribution in [2.24, 2.45) is 5.92 Å². The van der Waals surface area contributed by atoms with Crippen LogP contribution in [0.4, 0.5) is 0 Å². The van der Waals surface area contributed by atoms with E-state index in [1.807, 2.05) is 0 Å². The van der Waals surface area contributed by atoms with Crippen molar-refractivity contribution in [3.8, 4) is 0 Å². The number of carbonyl (C=O) groups excluding carboxylic acids is 2. The molecule has 0 saturated carbocycles. The number of esters is 1. The zero-order valence-corrected chi connectivity index (χ0v) is 8.52. The minimum Gasteiger partial charge on any atom is -0.460 e. The number of halogens is 1. The molecule has 0 aliphatic rings. The lowest BCUT2D eigenvalue weighted by atomic mass is 10.1. The molecule has 0 aliphatic carbocycles. The summed E-state index contributed by atoms with van der Waals surface area (Å²) in [5.41, 5.74) is 0. The first-order chi connectivity index (χ1) is 5.57. The summed E-state index contributed by atoms with van der Waals surface area (Å²) in [6.07, 6.45) is 0.781. The van der Waals surface area contributed by atoms with Crippen LogP contribution in [0.5, 0.6) is 0 Å². The smallest absolute Gasteiger partial charge is 0.313 e. The van der Waals surface area contributed by atoms with Crippen molar-refractivity contribution in [2.75, 3.05) is 6.61 Å². The second kappa shape index (κ2) is 7.73. The van der Waals surface area contributed by atoms with Gasteiger partial charge in [0.25, 0.3) is 0 Å². The third-order valence-corrected chi connectivity index (χ3v) is 1.29. The number of carbonyl (C=O) groups is 2. The first-order valence-corrected chi connectivity index (χ1v) is 3.75. The Bertz CT molecular complexity index is 192. The second-order valence-electron chi connectivity index (χ2n) is 2.68. The number of ether oxygens (including phenoxy) is 1. The van der Waals surface area contributed by atoms with E-state index in [9.17, 15) is 9.59 Å². The highest BCUT2D eigenvalue weighted by Crippen LogP contribution is 1.99. The monoisotopic (exact) mass is 207 g/mol. The topological polar surface area (TPSA) is 67.2 Å². The molecule has 0 atom stereocenters. The lowest BCUT2D eigenvalue weighted by Crippen LogP contribution is -2.16. The number of hydrogen-bond donors (Lipinski definition) is 1. The largest absolute Gasteiger partial charge is 0.460 e. The minimum atomic E-state index is -0.558. The molecule has 0 aromatic rings. The Kier molecular flexibility index (Phi) is 8.69. The predicted octanol–water partition coefficient (Wildman–Crippen LogP) is 1.22. The predicted molar refractivity (Wildman–Crippen MR) is 51.5 cm³/mol.